The number of carbonyl (C=O) groups excluding carboxylic acids is 1. The lowest BCUT2D eigenvalue weighted by Crippen LogP contribution is -2.21. The topological polar surface area (TPSA) is 43.4 Å². The van der Waals surface area contributed by atoms with Crippen LogP contribution in [0.15, 0.2) is 18.2 Å². The van der Waals surface area contributed by atoms with Crippen LogP contribution in [0.2, 0.25) is 5.02 Å². The molecule has 0 fully saturated rings. The Kier molecular flexibility index (Phi) is 5.23. The van der Waals surface area contributed by atoms with Crippen LogP contribution in [0.25, 0.3) is 0 Å². The first-order chi connectivity index (χ1) is 8.68. The number of benzene rings is 1. The second kappa shape index (κ2) is 6.11. The molecule has 0 radical (unpaired) electrons. The lowest BCUT2D eigenvalue weighted by atomic mass is 10.0. The third kappa shape index (κ3) is 3.84. The molecule has 1 rings (SSSR count). The SMILES string of the molecule is COC(=O)C(c1ccc(Cl)cc1C(F)(F)F)S(=O)Cl. The highest BCUT2D eigenvalue weighted by atomic mass is 35.7. The smallest absolute Gasteiger partial charge is 0.416 e. The van der Waals surface area contributed by atoms with Gasteiger partial charge in [0.25, 0.3) is 0 Å². The molecule has 0 aliphatic rings. The summed E-state index contributed by atoms with van der Waals surface area (Å²) in [5.74, 6) is -1.12. The lowest BCUT2D eigenvalue weighted by Gasteiger charge is -2.17. The third-order valence-corrected chi connectivity index (χ3v) is 3.79. The Morgan fingerprint density at radius 3 is 2.42 bits per heavy atom. The van der Waals surface area contributed by atoms with Crippen LogP contribution < -0.4 is 0 Å². The van der Waals surface area contributed by atoms with Gasteiger partial charge in [-0.15, -0.1) is 0 Å². The van der Waals surface area contributed by atoms with Crippen LogP contribution >= 0.6 is 22.3 Å². The van der Waals surface area contributed by atoms with Crippen LogP contribution in [0, 0.1) is 0 Å². The summed E-state index contributed by atoms with van der Waals surface area (Å²) in [6.07, 6.45) is -4.76. The molecule has 0 saturated heterocycles. The largest absolute Gasteiger partial charge is 0.468 e. The van der Waals surface area contributed by atoms with Crippen LogP contribution in [-0.2, 0) is 25.7 Å². The zero-order chi connectivity index (χ0) is 14.8. The highest BCUT2D eigenvalue weighted by Crippen LogP contribution is 2.38. The summed E-state index contributed by atoms with van der Waals surface area (Å²) < 4.78 is 54.2. The molecule has 19 heavy (non-hydrogen) atoms. The van der Waals surface area contributed by atoms with Gasteiger partial charge >= 0.3 is 12.1 Å². The number of hydrogen-bond acceptors (Lipinski definition) is 3. The first-order valence-electron chi connectivity index (χ1n) is 4.69. The van der Waals surface area contributed by atoms with Gasteiger partial charge < -0.3 is 4.74 Å². The van der Waals surface area contributed by atoms with Gasteiger partial charge in [0.05, 0.1) is 12.7 Å². The Bertz CT molecular complexity index is 519. The van der Waals surface area contributed by atoms with Gasteiger partial charge in [0, 0.05) is 5.02 Å². The molecule has 9 heteroatoms. The average molecular weight is 335 g/mol. The summed E-state index contributed by atoms with van der Waals surface area (Å²) in [6, 6.07) is 2.73. The minimum atomic E-state index is -4.76. The first-order valence-corrected chi connectivity index (χ1v) is 7.11. The Hall–Kier alpha value is -0.790. The van der Waals surface area contributed by atoms with Crippen molar-refractivity contribution in [2.45, 2.75) is 11.4 Å². The number of esters is 1. The predicted molar refractivity (Wildman–Crippen MR) is 65.2 cm³/mol. The van der Waals surface area contributed by atoms with Crippen molar-refractivity contribution < 1.29 is 26.9 Å². The van der Waals surface area contributed by atoms with Crippen LogP contribution in [0.3, 0.4) is 0 Å². The first kappa shape index (κ1) is 16.3. The Morgan fingerprint density at radius 2 is 2.00 bits per heavy atom. The van der Waals surface area contributed by atoms with Crippen molar-refractivity contribution in [2.24, 2.45) is 0 Å². The fourth-order valence-corrected chi connectivity index (χ4v) is 2.74. The van der Waals surface area contributed by atoms with E-state index in [1.54, 1.807) is 0 Å². The van der Waals surface area contributed by atoms with Crippen molar-refractivity contribution in [1.29, 1.82) is 0 Å². The highest BCUT2D eigenvalue weighted by Gasteiger charge is 2.39. The molecule has 1 aromatic carbocycles. The minimum Gasteiger partial charge on any atom is -0.468 e. The molecule has 106 valence electrons. The highest BCUT2D eigenvalue weighted by molar-refractivity contribution is 8.09. The number of hydrogen-bond donors (Lipinski definition) is 0. The van der Waals surface area contributed by atoms with E-state index in [2.05, 4.69) is 4.74 Å². The molecule has 1 aromatic rings. The maximum absolute atomic E-state index is 12.9. The fraction of sp³-hybridized carbons (Fsp3) is 0.300. The molecule has 0 aromatic heterocycles. The van der Waals surface area contributed by atoms with E-state index in [1.165, 1.54) is 0 Å². The van der Waals surface area contributed by atoms with E-state index in [9.17, 15) is 22.2 Å². The van der Waals surface area contributed by atoms with Gasteiger partial charge in [0.15, 0.2) is 5.25 Å². The quantitative estimate of drug-likeness (QED) is 0.627. The van der Waals surface area contributed by atoms with Gasteiger partial charge in [0.1, 0.15) is 10.0 Å². The minimum absolute atomic E-state index is 0.167. The second-order valence-electron chi connectivity index (χ2n) is 3.38. The molecular formula is C10H7Cl2F3O3S. The van der Waals surface area contributed by atoms with E-state index in [0.29, 0.717) is 6.07 Å². The number of alkyl halides is 3. The van der Waals surface area contributed by atoms with Gasteiger partial charge in [-0.05, 0) is 28.4 Å². The molecule has 0 amide bonds. The van der Waals surface area contributed by atoms with Crippen LogP contribution in [-0.4, -0.2) is 17.3 Å². The number of halogens is 5. The van der Waals surface area contributed by atoms with Crippen molar-refractivity contribution in [3.05, 3.63) is 34.3 Å². The molecule has 2 atom stereocenters. The zero-order valence-electron chi connectivity index (χ0n) is 9.33. The normalized spacial score (nSPS) is 14.8. The van der Waals surface area contributed by atoms with E-state index in [0.717, 1.165) is 19.2 Å². The summed E-state index contributed by atoms with van der Waals surface area (Å²) in [5, 5.41) is -1.90. The van der Waals surface area contributed by atoms with Crippen LogP contribution in [0.1, 0.15) is 16.4 Å². The number of methoxy groups -OCH3 is 1. The van der Waals surface area contributed by atoms with Crippen molar-refractivity contribution in [3.8, 4) is 0 Å². The van der Waals surface area contributed by atoms with E-state index in [1.807, 2.05) is 0 Å². The Morgan fingerprint density at radius 1 is 1.42 bits per heavy atom. The monoisotopic (exact) mass is 334 g/mol. The maximum atomic E-state index is 12.9. The van der Waals surface area contributed by atoms with E-state index in [4.69, 9.17) is 22.3 Å². The second-order valence-corrected chi connectivity index (χ2v) is 5.70. The van der Waals surface area contributed by atoms with E-state index >= 15 is 0 Å². The molecule has 0 aliphatic heterocycles. The van der Waals surface area contributed by atoms with Gasteiger partial charge in [0.2, 0.25) is 0 Å². The summed E-state index contributed by atoms with van der Waals surface area (Å²) in [7, 11) is 3.86. The maximum Gasteiger partial charge on any atom is 0.416 e. The summed E-state index contributed by atoms with van der Waals surface area (Å²) in [4.78, 5) is 11.4. The Labute approximate surface area is 118 Å². The van der Waals surface area contributed by atoms with E-state index in [-0.39, 0.29) is 5.02 Å². The van der Waals surface area contributed by atoms with Crippen molar-refractivity contribution in [2.75, 3.05) is 7.11 Å². The number of ether oxygens (including phenoxy) is 1. The fourth-order valence-electron chi connectivity index (χ4n) is 1.41. The Balaban J connectivity index is 3.47. The van der Waals surface area contributed by atoms with Crippen LogP contribution in [0.4, 0.5) is 13.2 Å². The third-order valence-electron chi connectivity index (χ3n) is 2.20. The number of rotatable bonds is 3. The summed E-state index contributed by atoms with van der Waals surface area (Å²) in [6.45, 7) is 0. The predicted octanol–water partition coefficient (Wildman–Crippen LogP) is 3.48. The average Bonchev–Trinajstić information content (AvgIpc) is 2.29. The lowest BCUT2D eigenvalue weighted by molar-refractivity contribution is -0.141. The molecule has 0 saturated carbocycles. The number of carbonyl (C=O) groups is 1. The molecular weight excluding hydrogens is 328 g/mol. The standard InChI is InChI=1S/C10H7Cl2F3O3S/c1-18-9(16)8(19(12)17)6-3-2-5(11)4-7(6)10(13,14)15/h2-4,8H,1H3. The van der Waals surface area contributed by atoms with Gasteiger partial charge in [-0.1, -0.05) is 17.7 Å². The summed E-state index contributed by atoms with van der Waals surface area (Å²) >= 11 is 5.50. The van der Waals surface area contributed by atoms with E-state index < -0.39 is 38.5 Å². The van der Waals surface area contributed by atoms with Gasteiger partial charge in [-0.25, -0.2) is 4.21 Å². The molecule has 3 nitrogen and oxygen atoms in total. The zero-order valence-corrected chi connectivity index (χ0v) is 11.7. The molecule has 2 unspecified atom stereocenters. The van der Waals surface area contributed by atoms with Gasteiger partial charge in [-0.3, -0.25) is 4.79 Å². The molecule has 0 aliphatic carbocycles. The van der Waals surface area contributed by atoms with Crippen molar-refractivity contribution in [1.82, 2.24) is 0 Å². The summed E-state index contributed by atoms with van der Waals surface area (Å²) in [5.41, 5.74) is -1.72. The molecule has 0 spiro atoms. The van der Waals surface area contributed by atoms with Crippen LogP contribution in [0.5, 0.6) is 0 Å². The molecule has 0 N–H and O–H groups in total. The van der Waals surface area contributed by atoms with Crippen molar-refractivity contribution >= 4 is 38.3 Å². The van der Waals surface area contributed by atoms with Gasteiger partial charge in [-0.2, -0.15) is 13.2 Å². The molecule has 0 heterocycles. The molecule has 0 bridgehead atoms. The van der Waals surface area contributed by atoms with Crippen molar-refractivity contribution in [3.63, 3.8) is 0 Å².